The van der Waals surface area contributed by atoms with Gasteiger partial charge in [0.15, 0.2) is 11.5 Å². The predicted molar refractivity (Wildman–Crippen MR) is 93.7 cm³/mol. The van der Waals surface area contributed by atoms with E-state index >= 15 is 0 Å². The van der Waals surface area contributed by atoms with Crippen molar-refractivity contribution in [3.8, 4) is 11.5 Å². The molecule has 27 heavy (non-hydrogen) atoms. The highest BCUT2D eigenvalue weighted by molar-refractivity contribution is 5.68. The summed E-state index contributed by atoms with van der Waals surface area (Å²) in [5.74, 6) is 1.42. The summed E-state index contributed by atoms with van der Waals surface area (Å²) in [6, 6.07) is 5.55. The lowest BCUT2D eigenvalue weighted by Crippen LogP contribution is -2.50. The largest absolute Gasteiger partial charge is 0.511 e. The van der Waals surface area contributed by atoms with Crippen LogP contribution < -0.4 is 9.47 Å². The second kappa shape index (κ2) is 8.34. The Morgan fingerprint density at radius 2 is 2.00 bits per heavy atom. The summed E-state index contributed by atoms with van der Waals surface area (Å²) < 4.78 is 25.4. The van der Waals surface area contributed by atoms with Crippen molar-refractivity contribution in [1.82, 2.24) is 9.80 Å². The van der Waals surface area contributed by atoms with E-state index in [0.717, 1.165) is 11.3 Å². The first kappa shape index (κ1) is 19.1. The third-order valence-electron chi connectivity index (χ3n) is 4.57. The van der Waals surface area contributed by atoms with Crippen LogP contribution in [0.1, 0.15) is 12.5 Å². The zero-order chi connectivity index (χ0) is 19.4. The van der Waals surface area contributed by atoms with Crippen LogP contribution in [0.5, 0.6) is 11.5 Å². The first-order valence-electron chi connectivity index (χ1n) is 8.72. The monoisotopic (exact) mass is 380 g/mol. The lowest BCUT2D eigenvalue weighted by atomic mass is 10.1. The first-order chi connectivity index (χ1) is 12.9. The van der Waals surface area contributed by atoms with Gasteiger partial charge < -0.3 is 28.6 Å². The Morgan fingerprint density at radius 1 is 1.26 bits per heavy atom. The first-order valence-corrected chi connectivity index (χ1v) is 8.72. The summed E-state index contributed by atoms with van der Waals surface area (Å²) >= 11 is 0. The van der Waals surface area contributed by atoms with E-state index in [1.807, 2.05) is 37.1 Å². The summed E-state index contributed by atoms with van der Waals surface area (Å²) in [4.78, 5) is 27.0. The number of hydrogen-bond donors (Lipinski definition) is 0. The third-order valence-corrected chi connectivity index (χ3v) is 4.57. The summed E-state index contributed by atoms with van der Waals surface area (Å²) in [5.41, 5.74) is 1.01. The van der Waals surface area contributed by atoms with E-state index in [1.54, 1.807) is 7.05 Å². The highest BCUT2D eigenvalue weighted by Crippen LogP contribution is 2.32. The number of hydrogen-bond acceptors (Lipinski definition) is 8. The van der Waals surface area contributed by atoms with E-state index in [9.17, 15) is 9.59 Å². The van der Waals surface area contributed by atoms with Gasteiger partial charge in [-0.1, -0.05) is 6.07 Å². The number of carbonyl (C=O) groups excluding carboxylic acids is 2. The van der Waals surface area contributed by atoms with Gasteiger partial charge in [0.05, 0.1) is 0 Å². The van der Waals surface area contributed by atoms with E-state index in [0.29, 0.717) is 25.3 Å². The van der Waals surface area contributed by atoms with Crippen LogP contribution in [0.2, 0.25) is 0 Å². The molecule has 148 valence electrons. The number of amides is 1. The fourth-order valence-corrected chi connectivity index (χ4v) is 2.84. The van der Waals surface area contributed by atoms with Crippen LogP contribution in [0.15, 0.2) is 18.2 Å². The van der Waals surface area contributed by atoms with Crippen LogP contribution in [-0.4, -0.2) is 75.0 Å². The second-order valence-electron chi connectivity index (χ2n) is 6.74. The van der Waals surface area contributed by atoms with Crippen molar-refractivity contribution in [3.63, 3.8) is 0 Å². The lowest BCUT2D eigenvalue weighted by Gasteiger charge is -2.34. The van der Waals surface area contributed by atoms with Crippen molar-refractivity contribution in [3.05, 3.63) is 23.8 Å². The molecule has 1 atom stereocenters. The topological polar surface area (TPSA) is 86.8 Å². The highest BCUT2D eigenvalue weighted by Gasteiger charge is 2.27. The maximum absolute atomic E-state index is 12.1. The van der Waals surface area contributed by atoms with Gasteiger partial charge in [0.25, 0.3) is 0 Å². The molecule has 0 aromatic heterocycles. The summed E-state index contributed by atoms with van der Waals surface area (Å²) in [5, 5.41) is 0. The Labute approximate surface area is 157 Å². The molecule has 2 aliphatic heterocycles. The van der Waals surface area contributed by atoms with Crippen LogP contribution in [0, 0.1) is 0 Å². The van der Waals surface area contributed by atoms with Crippen LogP contribution >= 0.6 is 0 Å². The smallest absolute Gasteiger partial charge is 0.454 e. The maximum Gasteiger partial charge on any atom is 0.511 e. The maximum atomic E-state index is 12.1. The zero-order valence-corrected chi connectivity index (χ0v) is 15.7. The number of fused-ring (bicyclic) bond motifs is 1. The van der Waals surface area contributed by atoms with Gasteiger partial charge in [-0.15, -0.1) is 0 Å². The molecule has 1 saturated heterocycles. The number of rotatable bonds is 6. The fraction of sp³-hybridized carbons (Fsp3) is 0.556. The summed E-state index contributed by atoms with van der Waals surface area (Å²) in [6.45, 7) is 2.99. The Bertz CT molecular complexity index is 690. The number of likely N-dealkylation sites (tertiary alicyclic amines) is 1. The van der Waals surface area contributed by atoms with Crippen LogP contribution in [-0.2, 0) is 20.6 Å². The van der Waals surface area contributed by atoms with Crippen molar-refractivity contribution < 1.29 is 33.3 Å². The fourth-order valence-electron chi connectivity index (χ4n) is 2.84. The molecule has 0 bridgehead atoms. The molecule has 0 N–H and O–H groups in total. The number of carbonyl (C=O) groups is 2. The molecule has 3 rings (SSSR count). The van der Waals surface area contributed by atoms with Crippen LogP contribution in [0.4, 0.5) is 9.59 Å². The molecule has 0 saturated carbocycles. The van der Waals surface area contributed by atoms with Gasteiger partial charge in [-0.25, -0.2) is 9.59 Å². The van der Waals surface area contributed by atoms with Crippen molar-refractivity contribution in [2.75, 3.05) is 40.8 Å². The minimum atomic E-state index is -0.836. The summed E-state index contributed by atoms with van der Waals surface area (Å²) in [6.07, 6.45) is -0.973. The number of nitrogens with zero attached hydrogens (tertiary/aromatic N) is 2. The van der Waals surface area contributed by atoms with Gasteiger partial charge in [-0.3, -0.25) is 4.90 Å². The van der Waals surface area contributed by atoms with Gasteiger partial charge in [-0.2, -0.15) is 0 Å². The molecule has 9 heteroatoms. The van der Waals surface area contributed by atoms with E-state index in [1.165, 1.54) is 4.90 Å². The molecule has 2 heterocycles. The average molecular weight is 380 g/mol. The highest BCUT2D eigenvalue weighted by atomic mass is 16.8. The van der Waals surface area contributed by atoms with Crippen molar-refractivity contribution in [2.45, 2.75) is 25.5 Å². The van der Waals surface area contributed by atoms with Crippen molar-refractivity contribution in [1.29, 1.82) is 0 Å². The van der Waals surface area contributed by atoms with Gasteiger partial charge in [0, 0.05) is 26.2 Å². The molecule has 1 aromatic rings. The molecule has 2 aliphatic rings. The number of benzene rings is 1. The molecule has 1 unspecified atom stereocenters. The average Bonchev–Trinajstić information content (AvgIpc) is 3.07. The predicted octanol–water partition coefficient (Wildman–Crippen LogP) is 1.84. The molecule has 0 aliphatic carbocycles. The minimum Gasteiger partial charge on any atom is -0.454 e. The standard InChI is InChI=1S/C18H24N2O7/c1-12(6-13-4-5-15-16(7-13)24-10-23-15)20(3)17(21)25-11-26-18(22)27-14-8-19(2)9-14/h4-5,7,12,14H,6,8-11H2,1-3H3. The molecular formula is C18H24N2O7. The molecule has 1 aromatic carbocycles. The molecular weight excluding hydrogens is 356 g/mol. The molecule has 0 radical (unpaired) electrons. The SMILES string of the molecule is CC(Cc1ccc2c(c1)OCO2)N(C)C(=O)OCOC(=O)OC1CN(C)C1. The molecule has 0 spiro atoms. The van der Waals surface area contributed by atoms with Crippen LogP contribution in [0.3, 0.4) is 0 Å². The molecule has 1 amide bonds. The van der Waals surface area contributed by atoms with Gasteiger partial charge in [0.1, 0.15) is 6.10 Å². The second-order valence-corrected chi connectivity index (χ2v) is 6.74. The Kier molecular flexibility index (Phi) is 5.90. The number of likely N-dealkylation sites (N-methyl/N-ethyl adjacent to an activating group) is 2. The minimum absolute atomic E-state index is 0.129. The van der Waals surface area contributed by atoms with Gasteiger partial charge in [0.2, 0.25) is 13.6 Å². The van der Waals surface area contributed by atoms with Crippen molar-refractivity contribution >= 4 is 12.2 Å². The van der Waals surface area contributed by atoms with E-state index in [4.69, 9.17) is 23.7 Å². The van der Waals surface area contributed by atoms with Crippen LogP contribution in [0.25, 0.3) is 0 Å². The Hall–Kier alpha value is -2.68. The number of ether oxygens (including phenoxy) is 5. The lowest BCUT2D eigenvalue weighted by molar-refractivity contribution is -0.0648. The van der Waals surface area contributed by atoms with E-state index < -0.39 is 19.0 Å². The van der Waals surface area contributed by atoms with Crippen molar-refractivity contribution in [2.24, 2.45) is 0 Å². The van der Waals surface area contributed by atoms with Gasteiger partial charge >= 0.3 is 12.2 Å². The molecule has 1 fully saturated rings. The Balaban J connectivity index is 1.38. The normalized spacial score (nSPS) is 17.0. The van der Waals surface area contributed by atoms with Gasteiger partial charge in [-0.05, 0) is 38.1 Å². The zero-order valence-electron chi connectivity index (χ0n) is 15.7. The third kappa shape index (κ3) is 4.94. The van der Waals surface area contributed by atoms with E-state index in [2.05, 4.69) is 0 Å². The quantitative estimate of drug-likeness (QED) is 0.546. The molecule has 9 nitrogen and oxygen atoms in total. The van der Waals surface area contributed by atoms with E-state index in [-0.39, 0.29) is 18.9 Å². The Morgan fingerprint density at radius 3 is 2.74 bits per heavy atom. The summed E-state index contributed by atoms with van der Waals surface area (Å²) in [7, 11) is 3.55.